The van der Waals surface area contributed by atoms with Gasteiger partial charge in [0.2, 0.25) is 5.91 Å². The van der Waals surface area contributed by atoms with Gasteiger partial charge in [0.1, 0.15) is 6.61 Å². The van der Waals surface area contributed by atoms with Crippen molar-refractivity contribution >= 4 is 18.0 Å². The number of carboxylic acid groups (broad SMARTS) is 1. The molecule has 0 bridgehead atoms. The third-order valence-corrected chi connectivity index (χ3v) is 8.03. The Labute approximate surface area is 205 Å². The van der Waals surface area contributed by atoms with Gasteiger partial charge in [-0.3, -0.25) is 9.59 Å². The molecule has 5 atom stereocenters. The van der Waals surface area contributed by atoms with Crippen molar-refractivity contribution in [2.75, 3.05) is 6.61 Å². The maximum Gasteiger partial charge on any atom is 0.407 e. The van der Waals surface area contributed by atoms with Crippen LogP contribution in [0, 0.1) is 17.8 Å². The number of fused-ring (bicyclic) bond motifs is 4. The van der Waals surface area contributed by atoms with Crippen molar-refractivity contribution in [3.63, 3.8) is 0 Å². The van der Waals surface area contributed by atoms with E-state index in [1.165, 1.54) is 22.3 Å². The van der Waals surface area contributed by atoms with E-state index in [1.807, 2.05) is 31.2 Å². The van der Waals surface area contributed by atoms with E-state index in [1.54, 1.807) is 0 Å². The van der Waals surface area contributed by atoms with Gasteiger partial charge in [0, 0.05) is 24.4 Å². The van der Waals surface area contributed by atoms with Crippen LogP contribution in [0.1, 0.15) is 56.1 Å². The Balaban J connectivity index is 1.05. The molecular formula is C28H32N2O5. The molecule has 2 aromatic rings. The number of aliphatic carboxylic acids is 1. The average Bonchev–Trinajstić information content (AvgIpc) is 3.35. The molecule has 0 heterocycles. The number of carbonyl (C=O) groups is 3. The van der Waals surface area contributed by atoms with Crippen molar-refractivity contribution in [2.24, 2.45) is 17.8 Å². The monoisotopic (exact) mass is 476 g/mol. The highest BCUT2D eigenvalue weighted by molar-refractivity contribution is 5.79. The molecule has 7 nitrogen and oxygen atoms in total. The number of hydrogen-bond acceptors (Lipinski definition) is 4. The second-order valence-electron chi connectivity index (χ2n) is 10.2. The van der Waals surface area contributed by atoms with Gasteiger partial charge in [-0.1, -0.05) is 48.5 Å². The molecule has 2 amide bonds. The van der Waals surface area contributed by atoms with E-state index in [-0.39, 0.29) is 42.4 Å². The van der Waals surface area contributed by atoms with E-state index in [0.717, 1.165) is 12.8 Å². The van der Waals surface area contributed by atoms with Gasteiger partial charge in [-0.05, 0) is 66.7 Å². The van der Waals surface area contributed by atoms with Gasteiger partial charge in [0.25, 0.3) is 0 Å². The summed E-state index contributed by atoms with van der Waals surface area (Å²) in [6.07, 6.45) is 2.59. The van der Waals surface area contributed by atoms with Gasteiger partial charge in [-0.25, -0.2) is 4.79 Å². The largest absolute Gasteiger partial charge is 0.481 e. The van der Waals surface area contributed by atoms with E-state index in [9.17, 15) is 19.5 Å². The minimum Gasteiger partial charge on any atom is -0.481 e. The number of carboxylic acids is 1. The van der Waals surface area contributed by atoms with E-state index < -0.39 is 12.1 Å². The first kappa shape index (κ1) is 23.4. The van der Waals surface area contributed by atoms with E-state index in [4.69, 9.17) is 4.74 Å². The Morgan fingerprint density at radius 2 is 1.66 bits per heavy atom. The van der Waals surface area contributed by atoms with Crippen LogP contribution in [0.3, 0.4) is 0 Å². The standard InChI is InChI=1S/C28H32N2O5/c1-16(10-11-26(31)30-25-14-17-12-18(27(32)33)13-23(17)25)29-28(34)35-15-24-21-8-4-2-6-19(21)20-7-3-5-9-22(20)24/h2-9,16-18,23-25H,10-15H2,1H3,(H,29,34)(H,30,31)(H,32,33)/t16?,17-,18?,23-,25+/m0/s1. The number of carbonyl (C=O) groups excluding carboxylic acids is 2. The van der Waals surface area contributed by atoms with E-state index in [0.29, 0.717) is 25.2 Å². The fourth-order valence-electron chi connectivity index (χ4n) is 6.13. The van der Waals surface area contributed by atoms with Gasteiger partial charge in [-0.2, -0.15) is 0 Å². The number of ether oxygens (including phenoxy) is 1. The molecule has 0 radical (unpaired) electrons. The zero-order valence-electron chi connectivity index (χ0n) is 19.9. The lowest BCUT2D eigenvalue weighted by Gasteiger charge is -2.40. The molecule has 2 saturated carbocycles. The van der Waals surface area contributed by atoms with Crippen molar-refractivity contribution in [3.8, 4) is 11.1 Å². The predicted octanol–water partition coefficient (Wildman–Crippen LogP) is 4.31. The Morgan fingerprint density at radius 1 is 1.00 bits per heavy atom. The van der Waals surface area contributed by atoms with Gasteiger partial charge >= 0.3 is 12.1 Å². The van der Waals surface area contributed by atoms with Crippen LogP contribution in [0.15, 0.2) is 48.5 Å². The highest BCUT2D eigenvalue weighted by Gasteiger charge is 2.49. The molecule has 3 aliphatic rings. The lowest BCUT2D eigenvalue weighted by molar-refractivity contribution is -0.141. The quantitative estimate of drug-likeness (QED) is 0.527. The van der Waals surface area contributed by atoms with Gasteiger partial charge in [0.05, 0.1) is 5.92 Å². The molecule has 184 valence electrons. The number of amides is 2. The molecule has 2 aromatic carbocycles. The molecule has 2 unspecified atom stereocenters. The Morgan fingerprint density at radius 3 is 2.31 bits per heavy atom. The van der Waals surface area contributed by atoms with Crippen LogP contribution in [-0.2, 0) is 14.3 Å². The highest BCUT2D eigenvalue weighted by atomic mass is 16.5. The SMILES string of the molecule is CC(CCC(=O)N[C@@H]1C[C@@H]2CC(C(=O)O)C[C@@H]21)NC(=O)OCC1c2ccccc2-c2ccccc21. The third kappa shape index (κ3) is 4.77. The van der Waals surface area contributed by atoms with Crippen LogP contribution in [0.2, 0.25) is 0 Å². The smallest absolute Gasteiger partial charge is 0.407 e. The van der Waals surface area contributed by atoms with Crippen LogP contribution in [0.25, 0.3) is 11.1 Å². The Bertz CT molecular complexity index is 1090. The Hall–Kier alpha value is -3.35. The van der Waals surface area contributed by atoms with E-state index >= 15 is 0 Å². The van der Waals surface area contributed by atoms with Crippen molar-refractivity contribution in [1.29, 1.82) is 0 Å². The van der Waals surface area contributed by atoms with Crippen molar-refractivity contribution in [3.05, 3.63) is 59.7 Å². The number of rotatable bonds is 8. The number of nitrogens with one attached hydrogen (secondary N) is 2. The Kier molecular flexibility index (Phi) is 6.50. The summed E-state index contributed by atoms with van der Waals surface area (Å²) >= 11 is 0. The molecule has 0 spiro atoms. The highest BCUT2D eigenvalue weighted by Crippen LogP contribution is 2.49. The fourth-order valence-corrected chi connectivity index (χ4v) is 6.13. The molecule has 7 heteroatoms. The minimum atomic E-state index is -0.724. The maximum atomic E-state index is 12.4. The van der Waals surface area contributed by atoms with Crippen LogP contribution >= 0.6 is 0 Å². The normalized spacial score (nSPS) is 24.9. The van der Waals surface area contributed by atoms with Gasteiger partial charge in [-0.15, -0.1) is 0 Å². The summed E-state index contributed by atoms with van der Waals surface area (Å²) in [7, 11) is 0. The number of alkyl carbamates (subject to hydrolysis) is 1. The molecule has 3 N–H and O–H groups in total. The summed E-state index contributed by atoms with van der Waals surface area (Å²) in [5.41, 5.74) is 4.71. The molecule has 0 aliphatic heterocycles. The molecular weight excluding hydrogens is 444 g/mol. The zero-order valence-corrected chi connectivity index (χ0v) is 19.9. The van der Waals surface area contributed by atoms with E-state index in [2.05, 4.69) is 34.9 Å². The summed E-state index contributed by atoms with van der Waals surface area (Å²) < 4.78 is 5.59. The predicted molar refractivity (Wildman–Crippen MR) is 131 cm³/mol. The molecule has 0 aromatic heterocycles. The second kappa shape index (κ2) is 9.72. The fraction of sp³-hybridized carbons (Fsp3) is 0.464. The minimum absolute atomic E-state index is 0.0110. The summed E-state index contributed by atoms with van der Waals surface area (Å²) in [6, 6.07) is 16.3. The second-order valence-corrected chi connectivity index (χ2v) is 10.2. The third-order valence-electron chi connectivity index (χ3n) is 8.03. The summed E-state index contributed by atoms with van der Waals surface area (Å²) in [5.74, 6) is -0.316. The molecule has 5 rings (SSSR count). The summed E-state index contributed by atoms with van der Waals surface area (Å²) in [5, 5.41) is 15.1. The molecule has 2 fully saturated rings. The van der Waals surface area contributed by atoms with Crippen molar-refractivity contribution in [2.45, 2.75) is 57.0 Å². The first-order chi connectivity index (χ1) is 16.9. The van der Waals surface area contributed by atoms with Crippen LogP contribution in [-0.4, -0.2) is 41.8 Å². The van der Waals surface area contributed by atoms with Crippen molar-refractivity contribution in [1.82, 2.24) is 10.6 Å². The molecule has 0 saturated heterocycles. The van der Waals surface area contributed by atoms with Crippen LogP contribution in [0.4, 0.5) is 4.79 Å². The van der Waals surface area contributed by atoms with Crippen LogP contribution < -0.4 is 10.6 Å². The summed E-state index contributed by atoms with van der Waals surface area (Å²) in [4.78, 5) is 36.1. The van der Waals surface area contributed by atoms with Gasteiger partial charge in [0.15, 0.2) is 0 Å². The van der Waals surface area contributed by atoms with Crippen molar-refractivity contribution < 1.29 is 24.2 Å². The lowest BCUT2D eigenvalue weighted by Crippen LogP contribution is -2.50. The molecule has 3 aliphatic carbocycles. The van der Waals surface area contributed by atoms with Crippen LogP contribution in [0.5, 0.6) is 0 Å². The molecule has 35 heavy (non-hydrogen) atoms. The number of benzene rings is 2. The topological polar surface area (TPSA) is 105 Å². The summed E-state index contributed by atoms with van der Waals surface area (Å²) in [6.45, 7) is 2.12. The van der Waals surface area contributed by atoms with Gasteiger partial charge < -0.3 is 20.5 Å². The average molecular weight is 477 g/mol. The first-order valence-corrected chi connectivity index (χ1v) is 12.5. The first-order valence-electron chi connectivity index (χ1n) is 12.5. The number of hydrogen-bond donors (Lipinski definition) is 3. The lowest BCUT2D eigenvalue weighted by atomic mass is 9.71. The maximum absolute atomic E-state index is 12.4. The zero-order chi connectivity index (χ0) is 24.5.